The molecular formula is C8H14N6O3S. The maximum Gasteiger partial charge on any atom is 0.244 e. The number of carbonyl (C=O) groups is 1. The molecule has 18 heavy (non-hydrogen) atoms. The first-order valence-corrected chi connectivity index (χ1v) is 6.30. The number of carbonyl (C=O) groups excluding carboxylic acids is 1. The summed E-state index contributed by atoms with van der Waals surface area (Å²) < 4.78 is 26.0. The van der Waals surface area contributed by atoms with E-state index in [2.05, 4.69) is 20.1 Å². The number of nitrogens with one attached hydrogen (secondary N) is 2. The van der Waals surface area contributed by atoms with E-state index < -0.39 is 21.5 Å². The second-order valence-electron chi connectivity index (χ2n) is 3.98. The Labute approximate surface area is 104 Å². The van der Waals surface area contributed by atoms with Crippen LogP contribution < -0.4 is 21.7 Å². The number of nitrogens with zero attached hydrogens (tertiary/aromatic N) is 2. The van der Waals surface area contributed by atoms with Crippen molar-refractivity contribution in [1.82, 2.24) is 14.7 Å². The van der Waals surface area contributed by atoms with E-state index in [0.717, 1.165) is 12.4 Å². The van der Waals surface area contributed by atoms with Crippen molar-refractivity contribution in [2.75, 3.05) is 5.43 Å². The van der Waals surface area contributed by atoms with Crippen LogP contribution >= 0.6 is 0 Å². The molecule has 1 amide bonds. The normalized spacial score (nSPS) is 12.2. The third kappa shape index (κ3) is 3.12. The molecule has 0 saturated heterocycles. The lowest BCUT2D eigenvalue weighted by molar-refractivity contribution is -0.122. The SMILES string of the molecule is CC(C)(NS(=O)(=O)c1cnc(NN)nc1)C(N)=O. The van der Waals surface area contributed by atoms with Gasteiger partial charge in [-0.25, -0.2) is 24.2 Å². The van der Waals surface area contributed by atoms with Gasteiger partial charge in [0.15, 0.2) is 0 Å². The summed E-state index contributed by atoms with van der Waals surface area (Å²) in [5.74, 6) is 4.32. The number of primary amides is 1. The fraction of sp³-hybridized carbons (Fsp3) is 0.375. The Morgan fingerprint density at radius 1 is 1.33 bits per heavy atom. The number of aromatic nitrogens is 2. The number of rotatable bonds is 5. The molecule has 100 valence electrons. The fourth-order valence-corrected chi connectivity index (χ4v) is 2.25. The first-order chi connectivity index (χ1) is 8.19. The third-order valence-electron chi connectivity index (χ3n) is 2.07. The monoisotopic (exact) mass is 274 g/mol. The molecule has 6 N–H and O–H groups in total. The second-order valence-corrected chi connectivity index (χ2v) is 5.66. The Bertz CT molecular complexity index is 538. The van der Waals surface area contributed by atoms with Crippen molar-refractivity contribution >= 4 is 21.9 Å². The maximum absolute atomic E-state index is 11.9. The van der Waals surface area contributed by atoms with Crippen molar-refractivity contribution < 1.29 is 13.2 Å². The molecule has 0 spiro atoms. The van der Waals surface area contributed by atoms with Crippen LogP contribution in [0.3, 0.4) is 0 Å². The Morgan fingerprint density at radius 3 is 2.22 bits per heavy atom. The molecule has 10 heteroatoms. The minimum atomic E-state index is -3.93. The molecule has 0 saturated carbocycles. The second kappa shape index (κ2) is 4.84. The van der Waals surface area contributed by atoms with E-state index in [4.69, 9.17) is 11.6 Å². The molecule has 0 atom stereocenters. The molecule has 0 fully saturated rings. The Balaban J connectivity index is 3.03. The third-order valence-corrected chi connectivity index (χ3v) is 3.68. The van der Waals surface area contributed by atoms with Crippen molar-refractivity contribution in [3.63, 3.8) is 0 Å². The fourth-order valence-electron chi connectivity index (χ4n) is 0.975. The average Bonchev–Trinajstić information content (AvgIpc) is 2.27. The average molecular weight is 274 g/mol. The predicted octanol–water partition coefficient (Wildman–Crippen LogP) is -1.70. The molecular weight excluding hydrogens is 260 g/mol. The van der Waals surface area contributed by atoms with E-state index in [1.807, 2.05) is 0 Å². The minimum Gasteiger partial charge on any atom is -0.368 e. The van der Waals surface area contributed by atoms with Gasteiger partial charge in [-0.1, -0.05) is 0 Å². The highest BCUT2D eigenvalue weighted by Gasteiger charge is 2.31. The van der Waals surface area contributed by atoms with Gasteiger partial charge in [0.1, 0.15) is 10.4 Å². The first kappa shape index (κ1) is 14.3. The molecule has 0 aliphatic heterocycles. The van der Waals surface area contributed by atoms with Crippen LogP contribution in [0.2, 0.25) is 0 Å². The largest absolute Gasteiger partial charge is 0.368 e. The van der Waals surface area contributed by atoms with E-state index in [1.54, 1.807) is 0 Å². The van der Waals surface area contributed by atoms with Gasteiger partial charge in [-0.15, -0.1) is 0 Å². The van der Waals surface area contributed by atoms with Crippen molar-refractivity contribution in [3.8, 4) is 0 Å². The molecule has 0 radical (unpaired) electrons. The molecule has 1 heterocycles. The predicted molar refractivity (Wildman–Crippen MR) is 63.4 cm³/mol. The molecule has 0 bridgehead atoms. The van der Waals surface area contributed by atoms with Crippen molar-refractivity contribution in [2.45, 2.75) is 24.3 Å². The molecule has 9 nitrogen and oxygen atoms in total. The van der Waals surface area contributed by atoms with E-state index in [1.165, 1.54) is 13.8 Å². The Hall–Kier alpha value is -1.78. The lowest BCUT2D eigenvalue weighted by Crippen LogP contribution is -2.52. The molecule has 1 aromatic rings. The lowest BCUT2D eigenvalue weighted by atomic mass is 10.1. The van der Waals surface area contributed by atoms with Gasteiger partial charge >= 0.3 is 0 Å². The highest BCUT2D eigenvalue weighted by atomic mass is 32.2. The number of hydrogen-bond acceptors (Lipinski definition) is 7. The van der Waals surface area contributed by atoms with Gasteiger partial charge in [0.25, 0.3) is 0 Å². The maximum atomic E-state index is 11.9. The number of hydrazine groups is 1. The van der Waals surface area contributed by atoms with Gasteiger partial charge in [-0.05, 0) is 13.8 Å². The van der Waals surface area contributed by atoms with Crippen molar-refractivity contribution in [2.24, 2.45) is 11.6 Å². The molecule has 0 aliphatic carbocycles. The number of anilines is 1. The topological polar surface area (TPSA) is 153 Å². The van der Waals surface area contributed by atoms with Crippen molar-refractivity contribution in [1.29, 1.82) is 0 Å². The van der Waals surface area contributed by atoms with Crippen LogP contribution in [-0.4, -0.2) is 29.8 Å². The summed E-state index contributed by atoms with van der Waals surface area (Å²) in [6.07, 6.45) is 2.11. The summed E-state index contributed by atoms with van der Waals surface area (Å²) in [7, 11) is -3.93. The summed E-state index contributed by atoms with van der Waals surface area (Å²) in [6, 6.07) is 0. The molecule has 0 aromatic carbocycles. The summed E-state index contributed by atoms with van der Waals surface area (Å²) in [5.41, 5.74) is 5.82. The van der Waals surface area contributed by atoms with Gasteiger partial charge in [-0.2, -0.15) is 4.72 Å². The van der Waals surface area contributed by atoms with E-state index in [0.29, 0.717) is 0 Å². The summed E-state index contributed by atoms with van der Waals surface area (Å²) in [6.45, 7) is 2.70. The van der Waals surface area contributed by atoms with E-state index >= 15 is 0 Å². The minimum absolute atomic E-state index is 0.0723. The Morgan fingerprint density at radius 2 is 1.83 bits per heavy atom. The van der Waals surface area contributed by atoms with Gasteiger partial charge < -0.3 is 5.73 Å². The highest BCUT2D eigenvalue weighted by molar-refractivity contribution is 7.89. The van der Waals surface area contributed by atoms with E-state index in [-0.39, 0.29) is 10.8 Å². The molecule has 0 aliphatic rings. The van der Waals surface area contributed by atoms with Gasteiger partial charge in [-0.3, -0.25) is 10.2 Å². The first-order valence-electron chi connectivity index (χ1n) is 4.81. The quantitative estimate of drug-likeness (QED) is 0.369. The van der Waals surface area contributed by atoms with Crippen LogP contribution in [0.25, 0.3) is 0 Å². The lowest BCUT2D eigenvalue weighted by Gasteiger charge is -2.21. The zero-order valence-electron chi connectivity index (χ0n) is 9.84. The van der Waals surface area contributed by atoms with Crippen LogP contribution in [0.5, 0.6) is 0 Å². The van der Waals surface area contributed by atoms with Crippen molar-refractivity contribution in [3.05, 3.63) is 12.4 Å². The number of hydrogen-bond donors (Lipinski definition) is 4. The number of sulfonamides is 1. The van der Waals surface area contributed by atoms with Crippen LogP contribution in [0.1, 0.15) is 13.8 Å². The van der Waals surface area contributed by atoms with Gasteiger partial charge in [0.2, 0.25) is 21.9 Å². The molecule has 1 aromatic heterocycles. The van der Waals surface area contributed by atoms with E-state index in [9.17, 15) is 13.2 Å². The summed E-state index contributed by atoms with van der Waals surface area (Å²) >= 11 is 0. The zero-order chi connectivity index (χ0) is 14.0. The van der Waals surface area contributed by atoms with Gasteiger partial charge in [0, 0.05) is 0 Å². The Kier molecular flexibility index (Phi) is 3.84. The van der Waals surface area contributed by atoms with Crippen LogP contribution in [0.15, 0.2) is 17.3 Å². The van der Waals surface area contributed by atoms with Crippen LogP contribution in [0, 0.1) is 0 Å². The standard InChI is InChI=1S/C8H14N6O3S/c1-8(2,6(9)15)14-18(16,17)5-3-11-7(13-10)12-4-5/h3-4,14H,10H2,1-2H3,(H2,9,15)(H,11,12,13). The number of amides is 1. The molecule has 1 rings (SSSR count). The summed E-state index contributed by atoms with van der Waals surface area (Å²) in [5, 5.41) is 0. The van der Waals surface area contributed by atoms with Gasteiger partial charge in [0.05, 0.1) is 12.4 Å². The number of nitrogen functional groups attached to an aromatic ring is 1. The smallest absolute Gasteiger partial charge is 0.244 e. The van der Waals surface area contributed by atoms with Crippen LogP contribution in [-0.2, 0) is 14.8 Å². The number of nitrogens with two attached hydrogens (primary N) is 2. The zero-order valence-corrected chi connectivity index (χ0v) is 10.7. The highest BCUT2D eigenvalue weighted by Crippen LogP contribution is 2.11. The summed E-state index contributed by atoms with van der Waals surface area (Å²) in [4.78, 5) is 18.2. The van der Waals surface area contributed by atoms with Crippen LogP contribution in [0.4, 0.5) is 5.95 Å². The molecule has 0 unspecified atom stereocenters.